The molecule has 1 atom stereocenters. The molecule has 0 saturated carbocycles. The minimum atomic E-state index is -0.499. The summed E-state index contributed by atoms with van der Waals surface area (Å²) in [6, 6.07) is 17.2. The first-order valence-corrected chi connectivity index (χ1v) is 13.0. The number of nitrogens with one attached hydrogen (secondary N) is 1. The molecule has 0 spiro atoms. The molecule has 1 fully saturated rings. The predicted octanol–water partition coefficient (Wildman–Crippen LogP) is 7.02. The minimum Gasteiger partial charge on any atom is -0.463 e. The molecule has 1 heterocycles. The number of rotatable bonds is 6. The van der Waals surface area contributed by atoms with Crippen LogP contribution in [0.1, 0.15) is 71.0 Å². The molecule has 200 valence electrons. The zero-order chi connectivity index (χ0) is 27.0. The van der Waals surface area contributed by atoms with Gasteiger partial charge in [0.05, 0.1) is 6.04 Å². The maximum atomic E-state index is 12.2. The van der Waals surface area contributed by atoms with Crippen LogP contribution >= 0.6 is 11.6 Å². The van der Waals surface area contributed by atoms with Gasteiger partial charge in [0.2, 0.25) is 0 Å². The summed E-state index contributed by atoms with van der Waals surface area (Å²) in [6.45, 7) is 12.8. The topological polar surface area (TPSA) is 67.9 Å². The second kappa shape index (κ2) is 17.0. The van der Waals surface area contributed by atoms with Crippen molar-refractivity contribution in [1.29, 1.82) is 0 Å². The van der Waals surface area contributed by atoms with Crippen LogP contribution in [-0.4, -0.2) is 43.2 Å². The van der Waals surface area contributed by atoms with E-state index in [1.165, 1.54) is 6.42 Å². The molecule has 2 aromatic carbocycles. The van der Waals surface area contributed by atoms with Crippen molar-refractivity contribution in [1.82, 2.24) is 10.2 Å². The van der Waals surface area contributed by atoms with E-state index in [1.54, 1.807) is 0 Å². The number of carbonyl (C=O) groups excluding carboxylic acids is 2. The van der Waals surface area contributed by atoms with Gasteiger partial charge in [-0.1, -0.05) is 74.3 Å². The molecule has 7 heteroatoms. The Kier molecular flexibility index (Phi) is 14.8. The van der Waals surface area contributed by atoms with Gasteiger partial charge >= 0.3 is 6.09 Å². The highest BCUT2D eigenvalue weighted by Crippen LogP contribution is 2.31. The van der Waals surface area contributed by atoms with E-state index in [2.05, 4.69) is 35.8 Å². The Hall–Kier alpha value is -2.57. The van der Waals surface area contributed by atoms with Crippen LogP contribution in [0.3, 0.4) is 0 Å². The Morgan fingerprint density at radius 3 is 2.14 bits per heavy atom. The largest absolute Gasteiger partial charge is 0.463 e. The Bertz CT molecular complexity index is 861. The first-order chi connectivity index (χ1) is 17.1. The van der Waals surface area contributed by atoms with E-state index in [-0.39, 0.29) is 12.1 Å². The summed E-state index contributed by atoms with van der Waals surface area (Å²) in [6.07, 6.45) is 3.00. The third kappa shape index (κ3) is 13.5. The first-order valence-electron chi connectivity index (χ1n) is 12.6. The third-order valence-corrected chi connectivity index (χ3v) is 5.55. The van der Waals surface area contributed by atoms with Gasteiger partial charge < -0.3 is 19.7 Å². The molecule has 0 bridgehead atoms. The lowest BCUT2D eigenvalue weighted by Crippen LogP contribution is -2.41. The molecule has 1 N–H and O–H groups in total. The number of benzene rings is 2. The lowest BCUT2D eigenvalue weighted by atomic mass is 9.85. The molecule has 1 saturated heterocycles. The molecule has 0 aromatic heterocycles. The first kappa shape index (κ1) is 31.5. The van der Waals surface area contributed by atoms with Crippen LogP contribution in [0, 0.1) is 5.92 Å². The zero-order valence-corrected chi connectivity index (χ0v) is 23.4. The van der Waals surface area contributed by atoms with E-state index in [0.717, 1.165) is 37.1 Å². The smallest absolute Gasteiger partial charge is 0.408 e. The van der Waals surface area contributed by atoms with E-state index in [0.29, 0.717) is 24.0 Å². The van der Waals surface area contributed by atoms with E-state index in [9.17, 15) is 9.59 Å². The van der Waals surface area contributed by atoms with Gasteiger partial charge in [-0.15, -0.1) is 0 Å². The molecule has 1 amide bonds. The van der Waals surface area contributed by atoms with Gasteiger partial charge in [0.15, 0.2) is 0 Å². The maximum Gasteiger partial charge on any atom is 0.408 e. The fourth-order valence-corrected chi connectivity index (χ4v) is 3.77. The van der Waals surface area contributed by atoms with Crippen molar-refractivity contribution in [2.24, 2.45) is 5.92 Å². The summed E-state index contributed by atoms with van der Waals surface area (Å²) < 4.78 is 9.98. The number of halogens is 1. The van der Waals surface area contributed by atoms with Gasteiger partial charge in [0.1, 0.15) is 12.2 Å². The van der Waals surface area contributed by atoms with E-state index in [1.807, 2.05) is 75.4 Å². The monoisotopic (exact) mass is 518 g/mol. The highest BCUT2D eigenvalue weighted by atomic mass is 35.5. The molecule has 6 nitrogen and oxygen atoms in total. The van der Waals surface area contributed by atoms with Crippen molar-refractivity contribution in [2.75, 3.05) is 20.1 Å². The van der Waals surface area contributed by atoms with Gasteiger partial charge in [0, 0.05) is 5.02 Å². The Morgan fingerprint density at radius 1 is 1.08 bits per heavy atom. The summed E-state index contributed by atoms with van der Waals surface area (Å²) >= 11 is 6.00. The number of piperidine rings is 1. The van der Waals surface area contributed by atoms with Crippen molar-refractivity contribution < 1.29 is 19.1 Å². The number of carbonyl (C=O) groups is 2. The average Bonchev–Trinajstić information content (AvgIpc) is 2.83. The van der Waals surface area contributed by atoms with Crippen molar-refractivity contribution in [3.63, 3.8) is 0 Å². The molecule has 1 aliphatic rings. The molecule has 36 heavy (non-hydrogen) atoms. The predicted molar refractivity (Wildman–Crippen MR) is 147 cm³/mol. The normalized spacial score (nSPS) is 14.8. The molecule has 0 aliphatic carbocycles. The minimum absolute atomic E-state index is 0.0455. The molecule has 2 aromatic rings. The number of ether oxygens (including phenoxy) is 2. The van der Waals surface area contributed by atoms with Crippen LogP contribution in [0.25, 0.3) is 0 Å². The summed E-state index contributed by atoms with van der Waals surface area (Å²) in [5.74, 6) is 0.403. The standard InChI is InChI=1S/C18H27ClN2O2.C8H8O2.C3H8/c1-18(2,3)23-17(22)20-16(13-5-7-15(19)8-6-13)14-9-11-21(4)12-10-14;9-7-10-6-8-4-2-1-3-5-8;1-3-2/h5-8,14,16H,9-12H2,1-4H3,(H,20,22);1-5,7H,6H2;3H2,1-2H3. The van der Waals surface area contributed by atoms with Gasteiger partial charge in [-0.2, -0.15) is 0 Å². The van der Waals surface area contributed by atoms with Crippen LogP contribution in [0.2, 0.25) is 5.02 Å². The third-order valence-electron chi connectivity index (χ3n) is 5.30. The average molecular weight is 519 g/mol. The van der Waals surface area contributed by atoms with Crippen LogP contribution in [-0.2, 0) is 20.9 Å². The van der Waals surface area contributed by atoms with Crippen molar-refractivity contribution in [2.45, 2.75) is 72.1 Å². The molecule has 0 radical (unpaired) electrons. The van der Waals surface area contributed by atoms with Crippen LogP contribution in [0.5, 0.6) is 0 Å². The van der Waals surface area contributed by atoms with E-state index in [4.69, 9.17) is 16.3 Å². The number of hydrogen-bond donors (Lipinski definition) is 1. The molecular weight excluding hydrogens is 476 g/mol. The van der Waals surface area contributed by atoms with Crippen LogP contribution < -0.4 is 5.32 Å². The van der Waals surface area contributed by atoms with Gasteiger partial charge in [0.25, 0.3) is 6.47 Å². The molecule has 1 unspecified atom stereocenters. The second-order valence-electron chi connectivity index (χ2n) is 9.92. The number of alkyl carbamates (subject to hydrolysis) is 1. The summed E-state index contributed by atoms with van der Waals surface area (Å²) in [4.78, 5) is 24.3. The second-order valence-corrected chi connectivity index (χ2v) is 10.4. The highest BCUT2D eigenvalue weighted by Gasteiger charge is 2.29. The number of hydrogen-bond acceptors (Lipinski definition) is 5. The summed E-state index contributed by atoms with van der Waals surface area (Å²) in [5.41, 5.74) is 1.59. The van der Waals surface area contributed by atoms with Crippen molar-refractivity contribution >= 4 is 24.2 Å². The van der Waals surface area contributed by atoms with Crippen molar-refractivity contribution in [3.05, 3.63) is 70.7 Å². The maximum absolute atomic E-state index is 12.2. The zero-order valence-electron chi connectivity index (χ0n) is 22.6. The lowest BCUT2D eigenvalue weighted by molar-refractivity contribution is -0.129. The fraction of sp³-hybridized carbons (Fsp3) is 0.517. The Labute approximate surface area is 222 Å². The summed E-state index contributed by atoms with van der Waals surface area (Å²) in [7, 11) is 2.13. The van der Waals surface area contributed by atoms with Gasteiger partial charge in [-0.05, 0) is 82.9 Å². The van der Waals surface area contributed by atoms with Crippen LogP contribution in [0.4, 0.5) is 4.79 Å². The van der Waals surface area contributed by atoms with Crippen molar-refractivity contribution in [3.8, 4) is 0 Å². The fourth-order valence-electron chi connectivity index (χ4n) is 3.64. The lowest BCUT2D eigenvalue weighted by Gasteiger charge is -2.35. The molecule has 3 rings (SSSR count). The molecular formula is C29H43ClN2O4. The molecule has 1 aliphatic heterocycles. The van der Waals surface area contributed by atoms with E-state index >= 15 is 0 Å². The SMILES string of the molecule is CCC.CN1CCC(C(NC(=O)OC(C)(C)C)c2ccc(Cl)cc2)CC1.O=COCc1ccccc1. The van der Waals surface area contributed by atoms with Gasteiger partial charge in [-0.25, -0.2) is 4.79 Å². The quantitative estimate of drug-likeness (QED) is 0.416. The summed E-state index contributed by atoms with van der Waals surface area (Å²) in [5, 5.41) is 3.77. The van der Waals surface area contributed by atoms with E-state index < -0.39 is 5.60 Å². The Balaban J connectivity index is 0.000000412. The number of amides is 1. The Morgan fingerprint density at radius 2 is 1.64 bits per heavy atom. The van der Waals surface area contributed by atoms with Gasteiger partial charge in [-0.3, -0.25) is 4.79 Å². The number of nitrogens with zero attached hydrogens (tertiary/aromatic N) is 1. The van der Waals surface area contributed by atoms with Crippen LogP contribution in [0.15, 0.2) is 54.6 Å². The number of likely N-dealkylation sites (tertiary alicyclic amines) is 1. The highest BCUT2D eigenvalue weighted by molar-refractivity contribution is 6.30.